The summed E-state index contributed by atoms with van der Waals surface area (Å²) in [6.45, 7) is 0.114. The highest BCUT2D eigenvalue weighted by molar-refractivity contribution is 6.23. The Balaban J connectivity index is 2.01. The smallest absolute Gasteiger partial charge is 0.262 e. The molecular weight excluding hydrogens is 374 g/mol. The maximum atomic E-state index is 13.5. The van der Waals surface area contributed by atoms with Gasteiger partial charge in [-0.25, -0.2) is 0 Å². The van der Waals surface area contributed by atoms with Crippen molar-refractivity contribution in [2.75, 3.05) is 40.1 Å². The Morgan fingerprint density at radius 2 is 1.69 bits per heavy atom. The lowest BCUT2D eigenvalue weighted by Crippen LogP contribution is -2.26. The maximum Gasteiger partial charge on any atom is 0.262 e. The van der Waals surface area contributed by atoms with Crippen molar-refractivity contribution in [2.24, 2.45) is 0 Å². The van der Waals surface area contributed by atoms with Gasteiger partial charge in [-0.2, -0.15) is 0 Å². The number of methoxy groups -OCH3 is 3. The minimum Gasteiger partial charge on any atom is -0.496 e. The van der Waals surface area contributed by atoms with Gasteiger partial charge in [-0.3, -0.25) is 4.79 Å². The van der Waals surface area contributed by atoms with Gasteiger partial charge < -0.3 is 28.6 Å². The van der Waals surface area contributed by atoms with Crippen molar-refractivity contribution < 1.29 is 28.5 Å². The number of hydrogen-bond acceptors (Lipinski definition) is 6. The zero-order chi connectivity index (χ0) is 20.3. The van der Waals surface area contributed by atoms with Gasteiger partial charge in [0.15, 0.2) is 23.0 Å². The second kappa shape index (κ2) is 6.20. The first kappa shape index (κ1) is 17.5. The fraction of sp³-hybridized carbons (Fsp3) is 0.227. The molecule has 0 spiro atoms. The van der Waals surface area contributed by atoms with Gasteiger partial charge in [-0.05, 0) is 30.3 Å². The average molecular weight is 393 g/mol. The lowest BCUT2D eigenvalue weighted by Gasteiger charge is -2.20. The average Bonchev–Trinajstić information content (AvgIpc) is 3.19. The third kappa shape index (κ3) is 2.21. The SMILES string of the molecule is COc1ccc2c(c1OC)C(=O)N(C)c1ccc(OC)c3cc4c(c-2c13)OCO4. The molecule has 3 aromatic rings. The molecule has 0 atom stereocenters. The van der Waals surface area contributed by atoms with E-state index in [4.69, 9.17) is 23.7 Å². The Bertz CT molecular complexity index is 1190. The third-order valence-corrected chi connectivity index (χ3v) is 5.49. The predicted molar refractivity (Wildman–Crippen MR) is 108 cm³/mol. The van der Waals surface area contributed by atoms with E-state index in [2.05, 4.69) is 0 Å². The Labute approximate surface area is 167 Å². The molecule has 7 nitrogen and oxygen atoms in total. The number of nitrogens with zero attached hydrogens (tertiary/aromatic N) is 1. The van der Waals surface area contributed by atoms with Gasteiger partial charge in [0.25, 0.3) is 5.91 Å². The van der Waals surface area contributed by atoms with Gasteiger partial charge >= 0.3 is 0 Å². The molecule has 7 heteroatoms. The van der Waals surface area contributed by atoms with Crippen LogP contribution in [0.3, 0.4) is 0 Å². The van der Waals surface area contributed by atoms with Gasteiger partial charge in [0.2, 0.25) is 6.79 Å². The summed E-state index contributed by atoms with van der Waals surface area (Å²) in [6.07, 6.45) is 0. The molecule has 5 rings (SSSR count). The first-order valence-electron chi connectivity index (χ1n) is 9.07. The van der Waals surface area contributed by atoms with Gasteiger partial charge in [0.05, 0.1) is 32.6 Å². The molecule has 0 radical (unpaired) electrons. The summed E-state index contributed by atoms with van der Waals surface area (Å²) in [5, 5.41) is 1.70. The molecule has 0 unspecified atom stereocenters. The highest BCUT2D eigenvalue weighted by atomic mass is 16.7. The zero-order valence-electron chi connectivity index (χ0n) is 16.5. The molecule has 0 aliphatic carbocycles. The summed E-state index contributed by atoms with van der Waals surface area (Å²) in [7, 11) is 6.43. The second-order valence-corrected chi connectivity index (χ2v) is 6.78. The van der Waals surface area contributed by atoms with Crippen LogP contribution >= 0.6 is 0 Å². The molecule has 2 aliphatic heterocycles. The molecule has 3 aromatic carbocycles. The van der Waals surface area contributed by atoms with Gasteiger partial charge in [0, 0.05) is 28.9 Å². The summed E-state index contributed by atoms with van der Waals surface area (Å²) in [5.41, 5.74) is 2.63. The van der Waals surface area contributed by atoms with Crippen LogP contribution in [0.2, 0.25) is 0 Å². The molecule has 0 bridgehead atoms. The molecular formula is C22H19NO6. The van der Waals surface area contributed by atoms with E-state index in [1.807, 2.05) is 24.3 Å². The van der Waals surface area contributed by atoms with Crippen molar-refractivity contribution in [1.82, 2.24) is 0 Å². The number of anilines is 1. The van der Waals surface area contributed by atoms with Crippen LogP contribution in [0.15, 0.2) is 30.3 Å². The maximum absolute atomic E-state index is 13.5. The summed E-state index contributed by atoms with van der Waals surface area (Å²) in [5.74, 6) is 2.56. The summed E-state index contributed by atoms with van der Waals surface area (Å²) in [6, 6.07) is 9.26. The Kier molecular flexibility index (Phi) is 3.74. The van der Waals surface area contributed by atoms with E-state index in [9.17, 15) is 4.79 Å². The summed E-state index contributed by atoms with van der Waals surface area (Å²) >= 11 is 0. The highest BCUT2D eigenvalue weighted by Crippen LogP contribution is 2.55. The van der Waals surface area contributed by atoms with Crippen molar-refractivity contribution in [2.45, 2.75) is 0 Å². The van der Waals surface area contributed by atoms with E-state index < -0.39 is 0 Å². The molecule has 0 aromatic heterocycles. The number of amides is 1. The van der Waals surface area contributed by atoms with Crippen molar-refractivity contribution in [3.8, 4) is 39.9 Å². The minimum atomic E-state index is -0.203. The molecule has 0 saturated heterocycles. The minimum absolute atomic E-state index is 0.114. The molecule has 0 saturated carbocycles. The topological polar surface area (TPSA) is 66.5 Å². The number of carbonyl (C=O) groups is 1. The molecule has 1 amide bonds. The van der Waals surface area contributed by atoms with E-state index in [-0.39, 0.29) is 12.7 Å². The summed E-state index contributed by atoms with van der Waals surface area (Å²) in [4.78, 5) is 15.1. The number of fused-ring (bicyclic) bond motifs is 4. The molecule has 0 fully saturated rings. The molecule has 29 heavy (non-hydrogen) atoms. The van der Waals surface area contributed by atoms with Crippen LogP contribution in [-0.4, -0.2) is 41.1 Å². The van der Waals surface area contributed by atoms with Crippen LogP contribution in [0.25, 0.3) is 21.9 Å². The van der Waals surface area contributed by atoms with E-state index in [0.717, 1.165) is 22.0 Å². The molecule has 0 N–H and O–H groups in total. The normalized spacial score (nSPS) is 13.9. The van der Waals surface area contributed by atoms with Crippen LogP contribution < -0.4 is 28.6 Å². The van der Waals surface area contributed by atoms with Crippen molar-refractivity contribution in [3.63, 3.8) is 0 Å². The zero-order valence-corrected chi connectivity index (χ0v) is 16.5. The number of carbonyl (C=O) groups excluding carboxylic acids is 1. The van der Waals surface area contributed by atoms with E-state index >= 15 is 0 Å². The Morgan fingerprint density at radius 3 is 2.41 bits per heavy atom. The summed E-state index contributed by atoms with van der Waals surface area (Å²) < 4.78 is 28.2. The molecule has 148 valence electrons. The third-order valence-electron chi connectivity index (χ3n) is 5.49. The quantitative estimate of drug-likeness (QED) is 0.673. The van der Waals surface area contributed by atoms with E-state index in [0.29, 0.717) is 39.9 Å². The molecule has 2 aliphatic rings. The van der Waals surface area contributed by atoms with Gasteiger partial charge in [-0.1, -0.05) is 0 Å². The van der Waals surface area contributed by atoms with Crippen molar-refractivity contribution in [1.29, 1.82) is 0 Å². The Hall–Kier alpha value is -3.61. The van der Waals surface area contributed by atoms with Crippen LogP contribution in [0.1, 0.15) is 10.4 Å². The van der Waals surface area contributed by atoms with Crippen LogP contribution in [0.4, 0.5) is 5.69 Å². The predicted octanol–water partition coefficient (Wildman–Crippen LogP) is 3.85. The van der Waals surface area contributed by atoms with Crippen molar-refractivity contribution in [3.05, 3.63) is 35.9 Å². The number of benzene rings is 3. The standard InChI is InChI=1S/C22H19NO6/c1-23-13-6-8-14(25-2)12-9-16-21(29-10-28-16)18(17(12)13)11-5-7-15(26-3)20(27-4)19(11)22(23)24/h5-9H,10H2,1-4H3. The number of ether oxygens (including phenoxy) is 5. The number of hydrogen-bond donors (Lipinski definition) is 0. The van der Waals surface area contributed by atoms with E-state index in [1.165, 1.54) is 7.11 Å². The first-order chi connectivity index (χ1) is 14.1. The lowest BCUT2D eigenvalue weighted by molar-refractivity contribution is 0.0990. The van der Waals surface area contributed by atoms with Crippen LogP contribution in [0.5, 0.6) is 28.7 Å². The lowest BCUT2D eigenvalue weighted by atomic mass is 9.92. The number of rotatable bonds is 3. The van der Waals surface area contributed by atoms with Gasteiger partial charge in [0.1, 0.15) is 5.75 Å². The van der Waals surface area contributed by atoms with Gasteiger partial charge in [-0.15, -0.1) is 0 Å². The largest absolute Gasteiger partial charge is 0.496 e. The highest BCUT2D eigenvalue weighted by Gasteiger charge is 2.35. The monoisotopic (exact) mass is 393 g/mol. The van der Waals surface area contributed by atoms with Crippen LogP contribution in [0, 0.1) is 0 Å². The van der Waals surface area contributed by atoms with E-state index in [1.54, 1.807) is 32.2 Å². The Morgan fingerprint density at radius 1 is 0.931 bits per heavy atom. The second-order valence-electron chi connectivity index (χ2n) is 6.78. The fourth-order valence-electron chi connectivity index (χ4n) is 4.17. The fourth-order valence-corrected chi connectivity index (χ4v) is 4.17. The van der Waals surface area contributed by atoms with Crippen LogP contribution in [-0.2, 0) is 0 Å². The first-order valence-corrected chi connectivity index (χ1v) is 9.07. The molecule has 2 heterocycles. The van der Waals surface area contributed by atoms with Crippen molar-refractivity contribution >= 4 is 22.4 Å².